The summed E-state index contributed by atoms with van der Waals surface area (Å²) in [5.41, 5.74) is 2.68. The Morgan fingerprint density at radius 2 is 1.81 bits per heavy atom. The lowest BCUT2D eigenvalue weighted by Gasteiger charge is -2.26. The summed E-state index contributed by atoms with van der Waals surface area (Å²) < 4.78 is 5.79. The lowest BCUT2D eigenvalue weighted by molar-refractivity contribution is -0.144. The SMILES string of the molecule is Cc1cccc(C(=O)NC2(C(=O)O)Cc3ccccc3C2)c1OCC1=NC1. The zero-order valence-corrected chi connectivity index (χ0v) is 15.0. The van der Waals surface area contributed by atoms with Crippen LogP contribution in [-0.2, 0) is 17.6 Å². The highest BCUT2D eigenvalue weighted by atomic mass is 16.5. The molecule has 1 aliphatic carbocycles. The first-order valence-corrected chi connectivity index (χ1v) is 8.86. The third kappa shape index (κ3) is 3.30. The molecule has 2 aliphatic rings. The lowest BCUT2D eigenvalue weighted by atomic mass is 9.95. The van der Waals surface area contributed by atoms with Crippen LogP contribution in [0.4, 0.5) is 0 Å². The van der Waals surface area contributed by atoms with Crippen molar-refractivity contribution in [2.24, 2.45) is 4.99 Å². The van der Waals surface area contributed by atoms with Gasteiger partial charge in [0.25, 0.3) is 5.91 Å². The zero-order chi connectivity index (χ0) is 19.0. The van der Waals surface area contributed by atoms with E-state index in [1.165, 1.54) is 0 Å². The second-order valence-electron chi connectivity index (χ2n) is 7.09. The van der Waals surface area contributed by atoms with Crippen molar-refractivity contribution in [2.75, 3.05) is 13.2 Å². The fourth-order valence-electron chi connectivity index (χ4n) is 3.52. The van der Waals surface area contributed by atoms with E-state index < -0.39 is 17.4 Å². The fraction of sp³-hybridized carbons (Fsp3) is 0.286. The molecule has 6 nitrogen and oxygen atoms in total. The highest BCUT2D eigenvalue weighted by Gasteiger charge is 2.45. The molecule has 0 bridgehead atoms. The number of amides is 1. The van der Waals surface area contributed by atoms with Gasteiger partial charge in [-0.3, -0.25) is 9.79 Å². The number of hydrogen-bond donors (Lipinski definition) is 2. The molecule has 2 aromatic carbocycles. The van der Waals surface area contributed by atoms with Gasteiger partial charge in [0.1, 0.15) is 17.9 Å². The van der Waals surface area contributed by atoms with E-state index in [1.807, 2.05) is 37.3 Å². The normalized spacial score (nSPS) is 16.3. The van der Waals surface area contributed by atoms with Gasteiger partial charge in [0, 0.05) is 12.8 Å². The van der Waals surface area contributed by atoms with Gasteiger partial charge in [-0.1, -0.05) is 36.4 Å². The summed E-state index contributed by atoms with van der Waals surface area (Å²) in [5.74, 6) is -1.00. The summed E-state index contributed by atoms with van der Waals surface area (Å²) in [4.78, 5) is 29.2. The number of ether oxygens (including phenoxy) is 1. The van der Waals surface area contributed by atoms with Gasteiger partial charge in [0.05, 0.1) is 17.8 Å². The second-order valence-corrected chi connectivity index (χ2v) is 7.09. The van der Waals surface area contributed by atoms with E-state index in [2.05, 4.69) is 10.3 Å². The van der Waals surface area contributed by atoms with Gasteiger partial charge in [-0.2, -0.15) is 0 Å². The maximum atomic E-state index is 13.0. The van der Waals surface area contributed by atoms with E-state index in [9.17, 15) is 14.7 Å². The Kier molecular flexibility index (Phi) is 4.18. The third-order valence-corrected chi connectivity index (χ3v) is 5.09. The molecule has 27 heavy (non-hydrogen) atoms. The maximum absolute atomic E-state index is 13.0. The number of carboxylic acids is 1. The molecular weight excluding hydrogens is 344 g/mol. The monoisotopic (exact) mass is 364 g/mol. The fourth-order valence-corrected chi connectivity index (χ4v) is 3.52. The Morgan fingerprint density at radius 1 is 1.15 bits per heavy atom. The van der Waals surface area contributed by atoms with E-state index in [0.29, 0.717) is 24.5 Å². The Bertz CT molecular complexity index is 939. The molecule has 1 aliphatic heterocycles. The zero-order valence-electron chi connectivity index (χ0n) is 15.0. The molecule has 6 heteroatoms. The van der Waals surface area contributed by atoms with Crippen LogP contribution in [0.2, 0.25) is 0 Å². The number of rotatable bonds is 6. The predicted octanol–water partition coefficient (Wildman–Crippen LogP) is 2.18. The third-order valence-electron chi connectivity index (χ3n) is 5.09. The number of hydrogen-bond acceptors (Lipinski definition) is 4. The van der Waals surface area contributed by atoms with E-state index >= 15 is 0 Å². The van der Waals surface area contributed by atoms with Crippen LogP contribution in [0.3, 0.4) is 0 Å². The van der Waals surface area contributed by atoms with Gasteiger partial charge in [0.15, 0.2) is 0 Å². The Morgan fingerprint density at radius 3 is 2.41 bits per heavy atom. The summed E-state index contributed by atoms with van der Waals surface area (Å²) in [6, 6.07) is 12.9. The van der Waals surface area contributed by atoms with Crippen molar-refractivity contribution in [1.29, 1.82) is 0 Å². The van der Waals surface area contributed by atoms with Crippen LogP contribution in [0, 0.1) is 6.92 Å². The van der Waals surface area contributed by atoms with Gasteiger partial charge in [-0.15, -0.1) is 0 Å². The number of nitrogens with zero attached hydrogens (tertiary/aromatic N) is 1. The van der Waals surface area contributed by atoms with Crippen molar-refractivity contribution in [3.05, 3.63) is 64.7 Å². The topological polar surface area (TPSA) is 88.0 Å². The highest BCUT2D eigenvalue weighted by molar-refractivity contribution is 6.01. The first-order chi connectivity index (χ1) is 13.0. The predicted molar refractivity (Wildman–Crippen MR) is 101 cm³/mol. The molecular formula is C21H20N2O4. The number of fused-ring (bicyclic) bond motifs is 1. The van der Waals surface area contributed by atoms with Crippen molar-refractivity contribution in [3.8, 4) is 5.75 Å². The Labute approximate surface area is 156 Å². The number of carboxylic acid groups (broad SMARTS) is 1. The van der Waals surface area contributed by atoms with Crippen molar-refractivity contribution < 1.29 is 19.4 Å². The molecule has 2 N–H and O–H groups in total. The van der Waals surface area contributed by atoms with E-state index in [4.69, 9.17) is 4.74 Å². The average molecular weight is 364 g/mol. The summed E-state index contributed by atoms with van der Waals surface area (Å²) in [5, 5.41) is 12.7. The number of aliphatic imine (C=N–C) groups is 1. The van der Waals surface area contributed by atoms with Gasteiger partial charge in [0.2, 0.25) is 0 Å². The summed E-state index contributed by atoms with van der Waals surface area (Å²) >= 11 is 0. The van der Waals surface area contributed by atoms with Crippen molar-refractivity contribution in [3.63, 3.8) is 0 Å². The minimum atomic E-state index is -1.34. The van der Waals surface area contributed by atoms with Crippen LogP contribution in [0.1, 0.15) is 27.0 Å². The molecule has 0 unspecified atom stereocenters. The number of aryl methyl sites for hydroxylation is 1. The van der Waals surface area contributed by atoms with Gasteiger partial charge in [-0.05, 0) is 29.7 Å². The highest BCUT2D eigenvalue weighted by Crippen LogP contribution is 2.32. The van der Waals surface area contributed by atoms with Crippen LogP contribution in [-0.4, -0.2) is 41.4 Å². The van der Waals surface area contributed by atoms with E-state index in [0.717, 1.165) is 22.4 Å². The summed E-state index contributed by atoms with van der Waals surface area (Å²) in [6.45, 7) is 2.91. The first kappa shape index (κ1) is 17.3. The molecule has 0 saturated heterocycles. The van der Waals surface area contributed by atoms with Crippen molar-refractivity contribution >= 4 is 17.6 Å². The molecule has 0 radical (unpaired) electrons. The number of carbonyl (C=O) groups is 2. The van der Waals surface area contributed by atoms with Crippen molar-refractivity contribution in [1.82, 2.24) is 5.32 Å². The lowest BCUT2D eigenvalue weighted by Crippen LogP contribution is -2.55. The number of nitrogens with one attached hydrogen (secondary N) is 1. The van der Waals surface area contributed by atoms with Crippen molar-refractivity contribution in [2.45, 2.75) is 25.3 Å². The van der Waals surface area contributed by atoms with Gasteiger partial charge < -0.3 is 15.2 Å². The molecule has 1 heterocycles. The van der Waals surface area contributed by atoms with E-state index in [-0.39, 0.29) is 12.8 Å². The molecule has 0 fully saturated rings. The molecule has 4 rings (SSSR count). The molecule has 2 aromatic rings. The second kappa shape index (κ2) is 6.54. The molecule has 1 amide bonds. The first-order valence-electron chi connectivity index (χ1n) is 8.86. The smallest absolute Gasteiger partial charge is 0.330 e. The molecule has 0 spiro atoms. The van der Waals surface area contributed by atoms with Crippen LogP contribution in [0.15, 0.2) is 47.5 Å². The summed E-state index contributed by atoms with van der Waals surface area (Å²) in [6.07, 6.45) is 0.534. The van der Waals surface area contributed by atoms with Crippen LogP contribution in [0.5, 0.6) is 5.75 Å². The number of aliphatic carboxylic acids is 1. The van der Waals surface area contributed by atoms with Crippen LogP contribution >= 0.6 is 0 Å². The molecule has 0 aromatic heterocycles. The maximum Gasteiger partial charge on any atom is 0.330 e. The molecule has 0 saturated carbocycles. The summed E-state index contributed by atoms with van der Waals surface area (Å²) in [7, 11) is 0. The molecule has 138 valence electrons. The average Bonchev–Trinajstić information content (AvgIpc) is 3.39. The Hall–Kier alpha value is -3.15. The van der Waals surface area contributed by atoms with Crippen LogP contribution < -0.4 is 10.1 Å². The number of benzene rings is 2. The molecule has 0 atom stereocenters. The van der Waals surface area contributed by atoms with E-state index in [1.54, 1.807) is 12.1 Å². The Balaban J connectivity index is 1.60. The quantitative estimate of drug-likeness (QED) is 0.822. The number of carbonyl (C=O) groups excluding carboxylic acids is 1. The number of para-hydroxylation sites is 1. The standard InChI is InChI=1S/C21H20N2O4/c1-13-5-4-8-17(18(13)27-12-16-11-22-16)19(24)23-21(20(25)26)9-14-6-2-3-7-15(14)10-21/h2-8H,9-12H2,1H3,(H,23,24)(H,25,26). The van der Waals surface area contributed by atoms with Gasteiger partial charge in [-0.25, -0.2) is 4.79 Å². The van der Waals surface area contributed by atoms with Crippen LogP contribution in [0.25, 0.3) is 0 Å². The minimum absolute atomic E-state index is 0.267. The largest absolute Gasteiger partial charge is 0.486 e. The van der Waals surface area contributed by atoms with Gasteiger partial charge >= 0.3 is 5.97 Å². The minimum Gasteiger partial charge on any atom is -0.486 e.